The van der Waals surface area contributed by atoms with Gasteiger partial charge in [-0.2, -0.15) is 4.98 Å². The summed E-state index contributed by atoms with van der Waals surface area (Å²) in [6.07, 6.45) is 10.1. The Hall–Kier alpha value is -1.50. The summed E-state index contributed by atoms with van der Waals surface area (Å²) in [5.74, 6) is 1.71. The molecule has 7 heteroatoms. The van der Waals surface area contributed by atoms with Crippen LogP contribution in [-0.2, 0) is 4.79 Å². The largest absolute Gasteiger partial charge is 0.480 e. The maximum Gasteiger partial charge on any atom is 0.235 e. The number of ether oxygens (including phenoxy) is 2. The lowest BCUT2D eigenvalue weighted by Crippen LogP contribution is -2.45. The molecule has 1 aromatic heterocycles. The standard InChI is InChI=1S/C17H25N3O3S/c1-22-15-9-18-10-16(19-15)23-13-5-4-8-20(11-13)17(21)12-24-14-6-2-3-7-14/h9-10,13-14H,2-8,11-12H2,1H3. The van der Waals surface area contributed by atoms with Crippen LogP contribution in [0.1, 0.15) is 38.5 Å². The molecule has 0 N–H and O–H groups in total. The van der Waals surface area contributed by atoms with Gasteiger partial charge >= 0.3 is 0 Å². The van der Waals surface area contributed by atoms with E-state index in [0.29, 0.717) is 29.3 Å². The summed E-state index contributed by atoms with van der Waals surface area (Å²) in [6, 6.07) is 0. The highest BCUT2D eigenvalue weighted by molar-refractivity contribution is 8.00. The molecule has 2 heterocycles. The fourth-order valence-electron chi connectivity index (χ4n) is 3.25. The summed E-state index contributed by atoms with van der Waals surface area (Å²) in [4.78, 5) is 22.7. The summed E-state index contributed by atoms with van der Waals surface area (Å²) >= 11 is 1.83. The van der Waals surface area contributed by atoms with Gasteiger partial charge in [-0.1, -0.05) is 12.8 Å². The number of aromatic nitrogens is 2. The Kier molecular flexibility index (Phi) is 6.18. The molecule has 132 valence electrons. The van der Waals surface area contributed by atoms with Crippen molar-refractivity contribution in [2.24, 2.45) is 0 Å². The van der Waals surface area contributed by atoms with E-state index in [1.54, 1.807) is 19.5 Å². The first-order valence-electron chi connectivity index (χ1n) is 8.66. The van der Waals surface area contributed by atoms with E-state index in [0.717, 1.165) is 19.4 Å². The number of carbonyl (C=O) groups excluding carboxylic acids is 1. The molecular formula is C17H25N3O3S. The van der Waals surface area contributed by atoms with Crippen molar-refractivity contribution in [1.29, 1.82) is 0 Å². The third kappa shape index (κ3) is 4.75. The Labute approximate surface area is 147 Å². The van der Waals surface area contributed by atoms with Crippen molar-refractivity contribution in [2.75, 3.05) is 26.0 Å². The number of piperidine rings is 1. The van der Waals surface area contributed by atoms with Crippen molar-refractivity contribution in [2.45, 2.75) is 49.9 Å². The summed E-state index contributed by atoms with van der Waals surface area (Å²) < 4.78 is 11.0. The molecule has 24 heavy (non-hydrogen) atoms. The second-order valence-corrected chi connectivity index (χ2v) is 7.63. The lowest BCUT2D eigenvalue weighted by Gasteiger charge is -2.32. The molecule has 1 amide bonds. The van der Waals surface area contributed by atoms with E-state index in [-0.39, 0.29) is 12.0 Å². The second-order valence-electron chi connectivity index (χ2n) is 6.34. The van der Waals surface area contributed by atoms with Crippen molar-refractivity contribution >= 4 is 17.7 Å². The Bertz CT molecular complexity index is 552. The van der Waals surface area contributed by atoms with Crippen molar-refractivity contribution in [1.82, 2.24) is 14.9 Å². The SMILES string of the molecule is COc1cncc(OC2CCCN(C(=O)CSC3CCCC3)C2)n1. The smallest absolute Gasteiger partial charge is 0.235 e. The number of hydrogen-bond donors (Lipinski definition) is 0. The fraction of sp³-hybridized carbons (Fsp3) is 0.706. The zero-order valence-corrected chi connectivity index (χ0v) is 15.0. The average molecular weight is 351 g/mol. The Morgan fingerprint density at radius 2 is 2.04 bits per heavy atom. The molecular weight excluding hydrogens is 326 g/mol. The molecule has 0 spiro atoms. The molecule has 0 bridgehead atoms. The Morgan fingerprint density at radius 1 is 1.25 bits per heavy atom. The highest BCUT2D eigenvalue weighted by Gasteiger charge is 2.26. The minimum absolute atomic E-state index is 0.0272. The first-order chi connectivity index (χ1) is 11.7. The minimum Gasteiger partial charge on any atom is -0.480 e. The summed E-state index contributed by atoms with van der Waals surface area (Å²) in [6.45, 7) is 1.46. The molecule has 6 nitrogen and oxygen atoms in total. The molecule has 2 fully saturated rings. The molecule has 1 aromatic rings. The molecule has 0 radical (unpaired) electrons. The zero-order valence-electron chi connectivity index (χ0n) is 14.1. The van der Waals surface area contributed by atoms with Gasteiger partial charge in [0.2, 0.25) is 17.7 Å². The maximum absolute atomic E-state index is 12.5. The van der Waals surface area contributed by atoms with E-state index < -0.39 is 0 Å². The van der Waals surface area contributed by atoms with Gasteiger partial charge in [0, 0.05) is 11.8 Å². The molecule has 2 aliphatic rings. The maximum atomic E-state index is 12.5. The van der Waals surface area contributed by atoms with Crippen LogP contribution in [0.25, 0.3) is 0 Å². The molecule has 1 atom stereocenters. The molecule has 1 saturated heterocycles. The lowest BCUT2D eigenvalue weighted by molar-refractivity contribution is -0.131. The van der Waals surface area contributed by atoms with Crippen molar-refractivity contribution in [3.63, 3.8) is 0 Å². The summed E-state index contributed by atoms with van der Waals surface area (Å²) in [7, 11) is 1.55. The molecule has 1 unspecified atom stereocenters. The number of thioether (sulfide) groups is 1. The minimum atomic E-state index is -0.0272. The van der Waals surface area contributed by atoms with Crippen LogP contribution >= 0.6 is 11.8 Å². The normalized spacial score (nSPS) is 21.7. The van der Waals surface area contributed by atoms with Gasteiger partial charge in [-0.15, -0.1) is 11.8 Å². The topological polar surface area (TPSA) is 64.6 Å². The number of nitrogens with zero attached hydrogens (tertiary/aromatic N) is 3. The summed E-state index contributed by atoms with van der Waals surface area (Å²) in [5.41, 5.74) is 0. The first kappa shape index (κ1) is 17.3. The van der Waals surface area contributed by atoms with E-state index in [4.69, 9.17) is 9.47 Å². The van der Waals surface area contributed by atoms with Crippen LogP contribution in [0.5, 0.6) is 11.8 Å². The quantitative estimate of drug-likeness (QED) is 0.785. The van der Waals surface area contributed by atoms with E-state index in [1.165, 1.54) is 25.7 Å². The van der Waals surface area contributed by atoms with Gasteiger partial charge in [0.15, 0.2) is 0 Å². The van der Waals surface area contributed by atoms with Gasteiger partial charge in [0.05, 0.1) is 31.8 Å². The molecule has 1 saturated carbocycles. The fourth-order valence-corrected chi connectivity index (χ4v) is 4.48. The molecule has 3 rings (SSSR count). The number of amides is 1. The third-order valence-corrected chi connectivity index (χ3v) is 5.92. The van der Waals surface area contributed by atoms with Gasteiger partial charge in [0.1, 0.15) is 6.10 Å². The second kappa shape index (κ2) is 8.55. The van der Waals surface area contributed by atoms with E-state index >= 15 is 0 Å². The lowest BCUT2D eigenvalue weighted by atomic mass is 10.1. The van der Waals surface area contributed by atoms with Gasteiger partial charge < -0.3 is 14.4 Å². The monoisotopic (exact) mass is 351 g/mol. The van der Waals surface area contributed by atoms with Gasteiger partial charge in [0.25, 0.3) is 0 Å². The predicted molar refractivity (Wildman–Crippen MR) is 93.5 cm³/mol. The highest BCUT2D eigenvalue weighted by Crippen LogP contribution is 2.29. The van der Waals surface area contributed by atoms with Crippen LogP contribution in [0.15, 0.2) is 12.4 Å². The predicted octanol–water partition coefficient (Wildman–Crippen LogP) is 2.53. The van der Waals surface area contributed by atoms with Crippen LogP contribution in [0.2, 0.25) is 0 Å². The van der Waals surface area contributed by atoms with Crippen molar-refractivity contribution in [3.8, 4) is 11.8 Å². The van der Waals surface area contributed by atoms with Crippen LogP contribution < -0.4 is 9.47 Å². The van der Waals surface area contributed by atoms with Gasteiger partial charge in [-0.3, -0.25) is 9.78 Å². The number of likely N-dealkylation sites (tertiary alicyclic amines) is 1. The zero-order chi connectivity index (χ0) is 16.8. The molecule has 1 aliphatic carbocycles. The molecule has 0 aromatic carbocycles. The number of carbonyl (C=O) groups is 1. The van der Waals surface area contributed by atoms with Gasteiger partial charge in [-0.05, 0) is 25.7 Å². The van der Waals surface area contributed by atoms with Crippen LogP contribution in [0.4, 0.5) is 0 Å². The Morgan fingerprint density at radius 3 is 2.83 bits per heavy atom. The number of hydrogen-bond acceptors (Lipinski definition) is 6. The van der Waals surface area contributed by atoms with Crippen LogP contribution in [0, 0.1) is 0 Å². The van der Waals surface area contributed by atoms with E-state index in [1.807, 2.05) is 16.7 Å². The highest BCUT2D eigenvalue weighted by atomic mass is 32.2. The van der Waals surface area contributed by atoms with Crippen LogP contribution in [0.3, 0.4) is 0 Å². The van der Waals surface area contributed by atoms with E-state index in [2.05, 4.69) is 9.97 Å². The van der Waals surface area contributed by atoms with Gasteiger partial charge in [-0.25, -0.2) is 0 Å². The first-order valence-corrected chi connectivity index (χ1v) is 9.71. The number of rotatable bonds is 6. The van der Waals surface area contributed by atoms with E-state index in [9.17, 15) is 4.79 Å². The summed E-state index contributed by atoms with van der Waals surface area (Å²) in [5, 5.41) is 0.679. The Balaban J connectivity index is 1.48. The van der Waals surface area contributed by atoms with Crippen molar-refractivity contribution < 1.29 is 14.3 Å². The average Bonchev–Trinajstić information content (AvgIpc) is 3.13. The molecule has 1 aliphatic heterocycles. The number of methoxy groups -OCH3 is 1. The third-order valence-electron chi connectivity index (χ3n) is 4.56. The van der Waals surface area contributed by atoms with Crippen molar-refractivity contribution in [3.05, 3.63) is 12.4 Å². The van der Waals surface area contributed by atoms with Crippen LogP contribution in [-0.4, -0.2) is 58.1 Å².